The number of phenols is 1. The second-order valence-electron chi connectivity index (χ2n) is 5.84. The topological polar surface area (TPSA) is 96.9 Å². The first-order valence-corrected chi connectivity index (χ1v) is 8.46. The highest BCUT2D eigenvalue weighted by Gasteiger charge is 2.34. The third-order valence-electron chi connectivity index (χ3n) is 4.17. The van der Waals surface area contributed by atoms with Crippen molar-refractivity contribution < 1.29 is 24.2 Å². The molecule has 0 bridgehead atoms. The van der Waals surface area contributed by atoms with E-state index >= 15 is 0 Å². The molecule has 0 saturated heterocycles. The monoisotopic (exact) mass is 368 g/mol. The van der Waals surface area contributed by atoms with Crippen molar-refractivity contribution >= 4 is 17.7 Å². The van der Waals surface area contributed by atoms with Crippen LogP contribution in [0.4, 0.5) is 4.79 Å². The summed E-state index contributed by atoms with van der Waals surface area (Å²) in [4.78, 5) is 25.0. The Labute approximate surface area is 156 Å². The second-order valence-corrected chi connectivity index (χ2v) is 5.84. The Balaban J connectivity index is 2.18. The van der Waals surface area contributed by atoms with E-state index < -0.39 is 18.0 Å². The van der Waals surface area contributed by atoms with Gasteiger partial charge in [-0.1, -0.05) is 36.4 Å². The predicted molar refractivity (Wildman–Crippen MR) is 99.1 cm³/mol. The number of carbonyl (C=O) groups is 2. The fraction of sp³-hybridized carbons (Fsp3) is 0.200. The van der Waals surface area contributed by atoms with Gasteiger partial charge in [-0.05, 0) is 30.2 Å². The van der Waals surface area contributed by atoms with Crippen molar-refractivity contribution in [1.29, 1.82) is 0 Å². The van der Waals surface area contributed by atoms with Gasteiger partial charge in [0.05, 0.1) is 31.0 Å². The number of benzene rings is 2. The molecule has 2 amide bonds. The molecule has 2 aromatic rings. The third kappa shape index (κ3) is 3.72. The molecule has 1 aliphatic rings. The largest absolute Gasteiger partial charge is 0.504 e. The number of hydrogen-bond donors (Lipinski definition) is 3. The molecule has 7 nitrogen and oxygen atoms in total. The molecule has 140 valence electrons. The van der Waals surface area contributed by atoms with Crippen LogP contribution in [0.15, 0.2) is 54.1 Å². The lowest BCUT2D eigenvalue weighted by Gasteiger charge is -2.29. The molecule has 3 N–H and O–H groups in total. The SMILES string of the molecule is CCOC(=O)C1=C(c2ccccc2)NC(=O)NC1c1ccc(O)c(OC)c1. The Kier molecular flexibility index (Phi) is 5.30. The molecule has 1 unspecified atom stereocenters. The molecule has 1 aliphatic heterocycles. The number of ether oxygens (including phenoxy) is 2. The maximum Gasteiger partial charge on any atom is 0.338 e. The molecular weight excluding hydrogens is 348 g/mol. The highest BCUT2D eigenvalue weighted by molar-refractivity contribution is 6.04. The number of urea groups is 1. The Morgan fingerprint density at radius 3 is 2.59 bits per heavy atom. The lowest BCUT2D eigenvalue weighted by Crippen LogP contribution is -2.45. The Bertz CT molecular complexity index is 893. The Morgan fingerprint density at radius 2 is 1.93 bits per heavy atom. The van der Waals surface area contributed by atoms with Crippen molar-refractivity contribution in [1.82, 2.24) is 10.6 Å². The lowest BCUT2D eigenvalue weighted by molar-refractivity contribution is -0.138. The lowest BCUT2D eigenvalue weighted by atomic mass is 9.92. The number of amides is 2. The maximum absolute atomic E-state index is 12.7. The molecule has 2 aromatic carbocycles. The van der Waals surface area contributed by atoms with Crippen LogP contribution in [0.2, 0.25) is 0 Å². The summed E-state index contributed by atoms with van der Waals surface area (Å²) in [5, 5.41) is 15.3. The molecule has 1 atom stereocenters. The van der Waals surface area contributed by atoms with Gasteiger partial charge in [0.2, 0.25) is 0 Å². The summed E-state index contributed by atoms with van der Waals surface area (Å²) >= 11 is 0. The van der Waals surface area contributed by atoms with E-state index in [4.69, 9.17) is 9.47 Å². The van der Waals surface area contributed by atoms with Crippen LogP contribution in [0, 0.1) is 0 Å². The zero-order valence-corrected chi connectivity index (χ0v) is 15.0. The summed E-state index contributed by atoms with van der Waals surface area (Å²) < 4.78 is 10.4. The average molecular weight is 368 g/mol. The molecule has 0 aliphatic carbocycles. The highest BCUT2D eigenvalue weighted by Crippen LogP contribution is 2.35. The number of phenolic OH excluding ortho intramolecular Hbond substituents is 1. The van der Waals surface area contributed by atoms with Crippen molar-refractivity contribution in [2.24, 2.45) is 0 Å². The van der Waals surface area contributed by atoms with E-state index in [0.717, 1.165) is 0 Å². The van der Waals surface area contributed by atoms with Crippen LogP contribution in [0.1, 0.15) is 24.1 Å². The van der Waals surface area contributed by atoms with Crippen molar-refractivity contribution in [2.75, 3.05) is 13.7 Å². The first kappa shape index (κ1) is 18.3. The molecule has 0 saturated carbocycles. The number of esters is 1. The number of aromatic hydroxyl groups is 1. The van der Waals surface area contributed by atoms with Gasteiger partial charge >= 0.3 is 12.0 Å². The number of nitrogens with one attached hydrogen (secondary N) is 2. The molecule has 0 aromatic heterocycles. The number of carbonyl (C=O) groups excluding carboxylic acids is 2. The van der Waals surface area contributed by atoms with Crippen LogP contribution in [-0.2, 0) is 9.53 Å². The number of methoxy groups -OCH3 is 1. The molecule has 0 fully saturated rings. The second kappa shape index (κ2) is 7.82. The van der Waals surface area contributed by atoms with Crippen molar-refractivity contribution in [2.45, 2.75) is 13.0 Å². The third-order valence-corrected chi connectivity index (χ3v) is 4.17. The van der Waals surface area contributed by atoms with Gasteiger partial charge < -0.3 is 25.2 Å². The van der Waals surface area contributed by atoms with Crippen LogP contribution >= 0.6 is 0 Å². The Hall–Kier alpha value is -3.48. The van der Waals surface area contributed by atoms with E-state index in [1.807, 2.05) is 18.2 Å². The van der Waals surface area contributed by atoms with E-state index in [9.17, 15) is 14.7 Å². The van der Waals surface area contributed by atoms with Gasteiger partial charge in [-0.15, -0.1) is 0 Å². The van der Waals surface area contributed by atoms with Crippen LogP contribution in [-0.4, -0.2) is 30.8 Å². The summed E-state index contributed by atoms with van der Waals surface area (Å²) in [6.45, 7) is 1.91. The van der Waals surface area contributed by atoms with Crippen LogP contribution in [0.25, 0.3) is 5.70 Å². The minimum Gasteiger partial charge on any atom is -0.504 e. The summed E-state index contributed by atoms with van der Waals surface area (Å²) in [6.07, 6.45) is 0. The van der Waals surface area contributed by atoms with Crippen molar-refractivity contribution in [3.8, 4) is 11.5 Å². The zero-order chi connectivity index (χ0) is 19.4. The van der Waals surface area contributed by atoms with Gasteiger partial charge in [0, 0.05) is 0 Å². The minimum absolute atomic E-state index is 0.0357. The first-order chi connectivity index (χ1) is 13.0. The quantitative estimate of drug-likeness (QED) is 0.705. The van der Waals surface area contributed by atoms with Crippen LogP contribution < -0.4 is 15.4 Å². The smallest absolute Gasteiger partial charge is 0.338 e. The van der Waals surface area contributed by atoms with Gasteiger partial charge in [-0.25, -0.2) is 9.59 Å². The predicted octanol–water partition coefficient (Wildman–Crippen LogP) is 2.73. The molecule has 3 rings (SSSR count). The van der Waals surface area contributed by atoms with Crippen molar-refractivity contribution in [3.63, 3.8) is 0 Å². The average Bonchev–Trinajstić information content (AvgIpc) is 2.68. The fourth-order valence-corrected chi connectivity index (χ4v) is 2.95. The van der Waals surface area contributed by atoms with Crippen molar-refractivity contribution in [3.05, 3.63) is 65.2 Å². The molecule has 0 radical (unpaired) electrons. The van der Waals surface area contributed by atoms with Crippen LogP contribution in [0.5, 0.6) is 11.5 Å². The van der Waals surface area contributed by atoms with Gasteiger partial charge in [0.25, 0.3) is 0 Å². The van der Waals surface area contributed by atoms with E-state index in [2.05, 4.69) is 10.6 Å². The zero-order valence-electron chi connectivity index (χ0n) is 15.0. The van der Waals surface area contributed by atoms with E-state index in [-0.39, 0.29) is 23.7 Å². The van der Waals surface area contributed by atoms with Gasteiger partial charge in [0.15, 0.2) is 11.5 Å². The number of rotatable bonds is 5. The van der Waals surface area contributed by atoms with Gasteiger partial charge in [-0.3, -0.25) is 0 Å². The fourth-order valence-electron chi connectivity index (χ4n) is 2.95. The summed E-state index contributed by atoms with van der Waals surface area (Å²) in [7, 11) is 1.43. The van der Waals surface area contributed by atoms with Gasteiger partial charge in [0.1, 0.15) is 0 Å². The van der Waals surface area contributed by atoms with Gasteiger partial charge in [-0.2, -0.15) is 0 Å². The highest BCUT2D eigenvalue weighted by atomic mass is 16.5. The normalized spacial score (nSPS) is 16.4. The van der Waals surface area contributed by atoms with E-state index in [1.54, 1.807) is 31.2 Å². The standard InChI is InChI=1S/C20H20N2O5/c1-3-27-19(24)16-17(12-7-5-4-6-8-12)21-20(25)22-18(16)13-9-10-14(23)15(11-13)26-2/h4-11,18,23H,3H2,1-2H3,(H2,21,22,25). The molecule has 0 spiro atoms. The molecule has 27 heavy (non-hydrogen) atoms. The summed E-state index contributed by atoms with van der Waals surface area (Å²) in [5.74, 6) is -0.336. The van der Waals surface area contributed by atoms with E-state index in [0.29, 0.717) is 16.8 Å². The first-order valence-electron chi connectivity index (χ1n) is 8.46. The molecule has 1 heterocycles. The summed E-state index contributed by atoms with van der Waals surface area (Å²) in [5.41, 5.74) is 1.92. The Morgan fingerprint density at radius 1 is 1.19 bits per heavy atom. The maximum atomic E-state index is 12.7. The minimum atomic E-state index is -0.762. The number of hydrogen-bond acceptors (Lipinski definition) is 5. The molecule has 7 heteroatoms. The van der Waals surface area contributed by atoms with Crippen LogP contribution in [0.3, 0.4) is 0 Å². The molecular formula is C20H20N2O5. The van der Waals surface area contributed by atoms with E-state index in [1.165, 1.54) is 13.2 Å². The summed E-state index contributed by atoms with van der Waals surface area (Å²) in [6, 6.07) is 12.5.